The fourth-order valence-corrected chi connectivity index (χ4v) is 2.17. The first-order chi connectivity index (χ1) is 12.6. The van der Waals surface area contributed by atoms with Crippen molar-refractivity contribution < 1.29 is 14.9 Å². The van der Waals surface area contributed by atoms with E-state index in [1.165, 1.54) is 6.21 Å². The summed E-state index contributed by atoms with van der Waals surface area (Å²) in [4.78, 5) is 24.5. The Kier molecular flexibility index (Phi) is 4.84. The highest BCUT2D eigenvalue weighted by Gasteiger charge is 2.12. The second kappa shape index (κ2) is 7.39. The van der Waals surface area contributed by atoms with Crippen molar-refractivity contribution in [1.29, 1.82) is 0 Å². The molecule has 0 saturated carbocycles. The van der Waals surface area contributed by atoms with E-state index in [1.54, 1.807) is 42.7 Å². The fourth-order valence-electron chi connectivity index (χ4n) is 2.17. The lowest BCUT2D eigenvalue weighted by atomic mass is 10.2. The summed E-state index contributed by atoms with van der Waals surface area (Å²) < 4.78 is 5.66. The maximum Gasteiger partial charge on any atom is 0.321 e. The van der Waals surface area contributed by atoms with Gasteiger partial charge in [-0.15, -0.1) is 0 Å². The number of ether oxygens (including phenoxy) is 1. The van der Waals surface area contributed by atoms with Gasteiger partial charge in [-0.1, -0.05) is 6.07 Å². The third-order valence-corrected chi connectivity index (χ3v) is 3.56. The number of carbonyl (C=O) groups excluding carboxylic acids is 1. The molecule has 0 saturated heterocycles. The second-order valence-electron chi connectivity index (χ2n) is 5.41. The van der Waals surface area contributed by atoms with Gasteiger partial charge in [0.15, 0.2) is 6.21 Å². The number of nitrogens with two attached hydrogens (primary N) is 2. The summed E-state index contributed by atoms with van der Waals surface area (Å²) in [6, 6.07) is 10.4. The smallest absolute Gasteiger partial charge is 0.321 e. The first-order valence-electron chi connectivity index (χ1n) is 7.75. The molecule has 0 radical (unpaired) electrons. The maximum absolute atomic E-state index is 12.4. The van der Waals surface area contributed by atoms with E-state index in [1.807, 2.05) is 13.0 Å². The zero-order valence-electron chi connectivity index (χ0n) is 14.0. The maximum atomic E-state index is 12.4. The van der Waals surface area contributed by atoms with Crippen molar-refractivity contribution in [2.24, 2.45) is 0 Å². The van der Waals surface area contributed by atoms with Crippen molar-refractivity contribution in [2.45, 2.75) is 6.92 Å². The molecule has 130 valence electrons. The Labute approximate surface area is 149 Å². The molecule has 8 heteroatoms. The number of pyridine rings is 1. The van der Waals surface area contributed by atoms with Gasteiger partial charge in [0.1, 0.15) is 17.3 Å². The number of aromatic nitrogens is 3. The highest BCUT2D eigenvalue weighted by atomic mass is 16.5. The summed E-state index contributed by atoms with van der Waals surface area (Å²) in [7, 11) is 0. The van der Waals surface area contributed by atoms with Crippen LogP contribution in [0.1, 0.15) is 21.6 Å². The fraction of sp³-hybridized carbons (Fsp3) is 0.0556. The number of nitrogens with zero attached hydrogens (tertiary/aromatic N) is 3. The molecule has 3 rings (SSSR count). The van der Waals surface area contributed by atoms with Gasteiger partial charge in [0, 0.05) is 24.1 Å². The Morgan fingerprint density at radius 2 is 2.00 bits per heavy atom. The molecule has 0 aliphatic rings. The molecule has 0 unspecified atom stereocenters. The molecule has 0 atom stereocenters. The van der Waals surface area contributed by atoms with E-state index in [0.29, 0.717) is 17.0 Å². The van der Waals surface area contributed by atoms with Crippen molar-refractivity contribution in [3.63, 3.8) is 0 Å². The lowest BCUT2D eigenvalue weighted by molar-refractivity contribution is -0.104. The Balaban J connectivity index is 1.79. The van der Waals surface area contributed by atoms with Crippen LogP contribution < -0.4 is 21.2 Å². The average molecular weight is 349 g/mol. The molecule has 26 heavy (non-hydrogen) atoms. The molecule has 1 amide bonds. The third kappa shape index (κ3) is 3.81. The largest absolute Gasteiger partial charge is 0.424 e. The van der Waals surface area contributed by atoms with Crippen molar-refractivity contribution in [3.05, 3.63) is 65.6 Å². The van der Waals surface area contributed by atoms with Gasteiger partial charge in [-0.3, -0.25) is 10.2 Å². The highest BCUT2D eigenvalue weighted by Crippen LogP contribution is 2.26. The number of nitrogens with one attached hydrogen (secondary N) is 1. The van der Waals surface area contributed by atoms with Gasteiger partial charge in [0.2, 0.25) is 0 Å². The molecule has 2 heterocycles. The number of benzene rings is 1. The molecular formula is C18H17N6O2+. The van der Waals surface area contributed by atoms with Crippen LogP contribution in [0.25, 0.3) is 0 Å². The van der Waals surface area contributed by atoms with Crippen molar-refractivity contribution in [3.8, 4) is 11.8 Å². The Hall–Kier alpha value is -3.81. The van der Waals surface area contributed by atoms with Gasteiger partial charge in [-0.25, -0.2) is 15.0 Å². The number of rotatable bonds is 5. The van der Waals surface area contributed by atoms with E-state index in [0.717, 1.165) is 5.56 Å². The minimum absolute atomic E-state index is 0.183. The predicted molar refractivity (Wildman–Crippen MR) is 97.0 cm³/mol. The summed E-state index contributed by atoms with van der Waals surface area (Å²) in [6.07, 6.45) is 4.50. The Morgan fingerprint density at radius 1 is 1.23 bits per heavy atom. The van der Waals surface area contributed by atoms with Crippen LogP contribution in [0.2, 0.25) is 0 Å². The van der Waals surface area contributed by atoms with E-state index in [-0.39, 0.29) is 17.5 Å². The molecule has 0 aliphatic heterocycles. The number of amides is 1. The minimum Gasteiger partial charge on any atom is -0.424 e. The number of nitrogen functional groups attached to an aromatic ring is 1. The molecule has 5 N–H and O–H groups in total. The number of anilines is 2. The SMILES string of the molecule is Cc1ccc(NC(=O)c2ccc(C=[NH2+])c(N)n2)cc1Oc1ncccn1. The predicted octanol–water partition coefficient (Wildman–Crippen LogP) is 0.985. The van der Waals surface area contributed by atoms with Crippen LogP contribution in [0.4, 0.5) is 11.5 Å². The van der Waals surface area contributed by atoms with Crippen molar-refractivity contribution >= 4 is 23.6 Å². The summed E-state index contributed by atoms with van der Waals surface area (Å²) >= 11 is 0. The molecule has 8 nitrogen and oxygen atoms in total. The average Bonchev–Trinajstić information content (AvgIpc) is 2.65. The van der Waals surface area contributed by atoms with Gasteiger partial charge in [-0.05, 0) is 36.8 Å². The van der Waals surface area contributed by atoms with Gasteiger partial charge in [0.25, 0.3) is 5.91 Å². The third-order valence-electron chi connectivity index (χ3n) is 3.56. The van der Waals surface area contributed by atoms with Crippen LogP contribution in [0.3, 0.4) is 0 Å². The number of hydrogen-bond donors (Lipinski definition) is 3. The van der Waals surface area contributed by atoms with Crippen LogP contribution >= 0.6 is 0 Å². The van der Waals surface area contributed by atoms with E-state index in [9.17, 15) is 4.79 Å². The minimum atomic E-state index is -0.397. The first-order valence-corrected chi connectivity index (χ1v) is 7.75. The summed E-state index contributed by atoms with van der Waals surface area (Å²) in [5.74, 6) is 0.329. The standard InChI is InChI=1S/C18H16N6O2/c1-11-3-5-13(9-15(11)26-18-21-7-2-8-22-18)23-17(25)14-6-4-12(10-19)16(20)24-14/h2-10,19H,1H3,(H2,20,24)(H,23,25)/p+1. The summed E-state index contributed by atoms with van der Waals surface area (Å²) in [6.45, 7) is 1.88. The van der Waals surface area contributed by atoms with Gasteiger partial charge >= 0.3 is 6.01 Å². The molecule has 3 aromatic rings. The van der Waals surface area contributed by atoms with Gasteiger partial charge in [0.05, 0.1) is 5.56 Å². The molecule has 0 aliphatic carbocycles. The Bertz CT molecular complexity index is 959. The van der Waals surface area contributed by atoms with E-state index >= 15 is 0 Å². The zero-order valence-corrected chi connectivity index (χ0v) is 14.0. The summed E-state index contributed by atoms with van der Waals surface area (Å²) in [5, 5.41) is 8.18. The number of hydrogen-bond acceptors (Lipinski definition) is 6. The Morgan fingerprint density at radius 3 is 2.69 bits per heavy atom. The van der Waals surface area contributed by atoms with Crippen LogP contribution in [0.5, 0.6) is 11.8 Å². The lowest BCUT2D eigenvalue weighted by Crippen LogP contribution is -2.30. The van der Waals surface area contributed by atoms with E-state index in [2.05, 4.69) is 20.3 Å². The van der Waals surface area contributed by atoms with Crippen LogP contribution in [-0.4, -0.2) is 27.1 Å². The monoisotopic (exact) mass is 349 g/mol. The van der Waals surface area contributed by atoms with Crippen molar-refractivity contribution in [2.75, 3.05) is 11.1 Å². The first kappa shape index (κ1) is 17.0. The van der Waals surface area contributed by atoms with Gasteiger partial charge in [-0.2, -0.15) is 0 Å². The van der Waals surface area contributed by atoms with Crippen LogP contribution in [0.15, 0.2) is 48.8 Å². The summed E-state index contributed by atoms with van der Waals surface area (Å²) in [5.41, 5.74) is 7.92. The quantitative estimate of drug-likeness (QED) is 0.589. The van der Waals surface area contributed by atoms with Crippen LogP contribution in [-0.2, 0) is 0 Å². The number of aryl methyl sites for hydroxylation is 1. The van der Waals surface area contributed by atoms with E-state index in [4.69, 9.17) is 15.9 Å². The second-order valence-corrected chi connectivity index (χ2v) is 5.41. The zero-order chi connectivity index (χ0) is 18.5. The highest BCUT2D eigenvalue weighted by molar-refractivity contribution is 6.03. The van der Waals surface area contributed by atoms with E-state index < -0.39 is 5.91 Å². The topological polar surface area (TPSA) is 129 Å². The molecule has 2 aromatic heterocycles. The molecular weight excluding hydrogens is 332 g/mol. The van der Waals surface area contributed by atoms with Gasteiger partial charge < -0.3 is 15.8 Å². The molecule has 0 fully saturated rings. The molecule has 0 bridgehead atoms. The molecule has 1 aromatic carbocycles. The molecule has 0 spiro atoms. The van der Waals surface area contributed by atoms with Crippen molar-refractivity contribution in [1.82, 2.24) is 15.0 Å². The van der Waals surface area contributed by atoms with Crippen LogP contribution in [0, 0.1) is 6.92 Å². The normalized spacial score (nSPS) is 10.2. The number of carbonyl (C=O) groups is 1. The lowest BCUT2D eigenvalue weighted by Gasteiger charge is -2.10.